The first-order valence-electron chi connectivity index (χ1n) is 6.02. The summed E-state index contributed by atoms with van der Waals surface area (Å²) in [6.45, 7) is 8.82. The van der Waals surface area contributed by atoms with Crippen molar-refractivity contribution in [1.29, 1.82) is 0 Å². The van der Waals surface area contributed by atoms with Gasteiger partial charge in [0.15, 0.2) is 0 Å². The average molecular weight is 196 g/mol. The maximum Gasteiger partial charge on any atom is 0.0466 e. The molecule has 0 radical (unpaired) electrons. The van der Waals surface area contributed by atoms with E-state index in [0.717, 1.165) is 13.1 Å². The Balaban J connectivity index is 2.52. The first kappa shape index (κ1) is 11.6. The van der Waals surface area contributed by atoms with Gasteiger partial charge < -0.3 is 10.6 Å². The summed E-state index contributed by atoms with van der Waals surface area (Å²) in [4.78, 5) is 0. The Morgan fingerprint density at radius 1 is 1.29 bits per heavy atom. The Bertz CT molecular complexity index is 190. The lowest BCUT2D eigenvalue weighted by atomic mass is 10.1. The molecular weight excluding hydrogens is 172 g/mol. The van der Waals surface area contributed by atoms with Gasteiger partial charge in [-0.25, -0.2) is 0 Å². The molecule has 1 unspecified atom stereocenters. The average Bonchev–Trinajstić information content (AvgIpc) is 3.00. The van der Waals surface area contributed by atoms with Gasteiger partial charge in [0.05, 0.1) is 0 Å². The van der Waals surface area contributed by atoms with Crippen molar-refractivity contribution in [2.75, 3.05) is 13.1 Å². The zero-order valence-electron chi connectivity index (χ0n) is 9.82. The van der Waals surface area contributed by atoms with E-state index in [1.54, 1.807) is 5.57 Å². The predicted octanol–water partition coefficient (Wildman–Crippen LogP) is 2.42. The van der Waals surface area contributed by atoms with E-state index in [2.05, 4.69) is 31.4 Å². The SMILES string of the molecule is CCCNC(=C1CC1)C(CC)NCC. The molecule has 1 aliphatic carbocycles. The molecule has 0 aromatic carbocycles. The summed E-state index contributed by atoms with van der Waals surface area (Å²) in [5.41, 5.74) is 3.14. The third kappa shape index (κ3) is 3.33. The molecule has 2 N–H and O–H groups in total. The van der Waals surface area contributed by atoms with Gasteiger partial charge in [-0.1, -0.05) is 20.8 Å². The van der Waals surface area contributed by atoms with Crippen LogP contribution in [0.3, 0.4) is 0 Å². The molecule has 0 aromatic heterocycles. The summed E-state index contributed by atoms with van der Waals surface area (Å²) in [6, 6.07) is 0.559. The fourth-order valence-corrected chi connectivity index (χ4v) is 1.78. The van der Waals surface area contributed by atoms with E-state index in [1.165, 1.54) is 31.4 Å². The molecule has 1 atom stereocenters. The van der Waals surface area contributed by atoms with E-state index in [4.69, 9.17) is 0 Å². The van der Waals surface area contributed by atoms with Crippen LogP contribution in [-0.2, 0) is 0 Å². The monoisotopic (exact) mass is 196 g/mol. The lowest BCUT2D eigenvalue weighted by Gasteiger charge is -2.21. The van der Waals surface area contributed by atoms with Crippen molar-refractivity contribution in [1.82, 2.24) is 10.6 Å². The predicted molar refractivity (Wildman–Crippen MR) is 62.3 cm³/mol. The summed E-state index contributed by atoms with van der Waals surface area (Å²) >= 11 is 0. The molecule has 1 rings (SSSR count). The molecule has 0 heterocycles. The van der Waals surface area contributed by atoms with E-state index >= 15 is 0 Å². The van der Waals surface area contributed by atoms with Crippen LogP contribution in [-0.4, -0.2) is 19.1 Å². The van der Waals surface area contributed by atoms with Gasteiger partial charge in [-0.15, -0.1) is 0 Å². The van der Waals surface area contributed by atoms with Crippen LogP contribution in [0.1, 0.15) is 46.5 Å². The fourth-order valence-electron chi connectivity index (χ4n) is 1.78. The van der Waals surface area contributed by atoms with Crippen molar-refractivity contribution in [3.8, 4) is 0 Å². The van der Waals surface area contributed by atoms with E-state index in [1.807, 2.05) is 0 Å². The molecule has 0 aromatic rings. The third-order valence-corrected chi connectivity index (χ3v) is 2.65. The zero-order valence-corrected chi connectivity index (χ0v) is 9.82. The number of allylic oxidation sites excluding steroid dienone is 1. The highest BCUT2D eigenvalue weighted by molar-refractivity contribution is 5.27. The number of nitrogens with one attached hydrogen (secondary N) is 2. The van der Waals surface area contributed by atoms with Crippen molar-refractivity contribution in [2.45, 2.75) is 52.5 Å². The van der Waals surface area contributed by atoms with Crippen molar-refractivity contribution in [2.24, 2.45) is 0 Å². The lowest BCUT2D eigenvalue weighted by Crippen LogP contribution is -2.36. The Hall–Kier alpha value is -0.500. The van der Waals surface area contributed by atoms with Crippen LogP contribution in [0.4, 0.5) is 0 Å². The summed E-state index contributed by atoms with van der Waals surface area (Å²) in [5.74, 6) is 0. The van der Waals surface area contributed by atoms with Crippen LogP contribution in [0.15, 0.2) is 11.3 Å². The van der Waals surface area contributed by atoms with Crippen molar-refractivity contribution in [3.63, 3.8) is 0 Å². The molecule has 2 heteroatoms. The Labute approximate surface area is 88.2 Å². The van der Waals surface area contributed by atoms with E-state index in [0.29, 0.717) is 6.04 Å². The minimum atomic E-state index is 0.559. The molecule has 1 saturated carbocycles. The van der Waals surface area contributed by atoms with Gasteiger partial charge in [-0.05, 0) is 37.8 Å². The maximum absolute atomic E-state index is 3.58. The molecule has 1 aliphatic rings. The molecule has 0 bridgehead atoms. The molecule has 2 nitrogen and oxygen atoms in total. The normalized spacial score (nSPS) is 16.6. The quantitative estimate of drug-likeness (QED) is 0.653. The maximum atomic E-state index is 3.58. The van der Waals surface area contributed by atoms with Gasteiger partial charge in [-0.2, -0.15) is 0 Å². The van der Waals surface area contributed by atoms with Crippen molar-refractivity contribution < 1.29 is 0 Å². The van der Waals surface area contributed by atoms with Gasteiger partial charge in [0.1, 0.15) is 0 Å². The molecule has 1 fully saturated rings. The van der Waals surface area contributed by atoms with Gasteiger partial charge in [0.25, 0.3) is 0 Å². The van der Waals surface area contributed by atoms with Crippen molar-refractivity contribution in [3.05, 3.63) is 11.3 Å². The van der Waals surface area contributed by atoms with Gasteiger partial charge in [0, 0.05) is 18.3 Å². The molecule has 0 amide bonds. The highest BCUT2D eigenvalue weighted by atomic mass is 15.0. The van der Waals surface area contributed by atoms with Crippen molar-refractivity contribution >= 4 is 0 Å². The lowest BCUT2D eigenvalue weighted by molar-refractivity contribution is 0.533. The summed E-state index contributed by atoms with van der Waals surface area (Å²) in [5, 5.41) is 7.13. The van der Waals surface area contributed by atoms with E-state index in [-0.39, 0.29) is 0 Å². The van der Waals surface area contributed by atoms with Crippen LogP contribution in [0.5, 0.6) is 0 Å². The second-order valence-corrected chi connectivity index (χ2v) is 3.96. The summed E-state index contributed by atoms with van der Waals surface area (Å²) in [6.07, 6.45) is 5.02. The smallest absolute Gasteiger partial charge is 0.0466 e. The van der Waals surface area contributed by atoms with Gasteiger partial charge in [-0.3, -0.25) is 0 Å². The number of hydrogen-bond donors (Lipinski definition) is 2. The first-order chi connectivity index (χ1) is 6.83. The van der Waals surface area contributed by atoms with Crippen LogP contribution in [0, 0.1) is 0 Å². The Morgan fingerprint density at radius 2 is 2.00 bits per heavy atom. The standard InChI is InChI=1S/C12H24N2/c1-4-9-14-12(10-7-8-10)11(5-2)13-6-3/h11,13-14H,4-9H2,1-3H3. The minimum Gasteiger partial charge on any atom is -0.387 e. The van der Waals surface area contributed by atoms with Gasteiger partial charge >= 0.3 is 0 Å². The minimum absolute atomic E-state index is 0.559. The first-order valence-corrected chi connectivity index (χ1v) is 6.02. The number of rotatable bonds is 7. The molecule has 14 heavy (non-hydrogen) atoms. The molecule has 0 spiro atoms. The summed E-state index contributed by atoms with van der Waals surface area (Å²) in [7, 11) is 0. The third-order valence-electron chi connectivity index (χ3n) is 2.65. The highest BCUT2D eigenvalue weighted by Crippen LogP contribution is 2.32. The molecule has 82 valence electrons. The molecular formula is C12H24N2. The molecule has 0 aliphatic heterocycles. The van der Waals surface area contributed by atoms with E-state index < -0.39 is 0 Å². The largest absolute Gasteiger partial charge is 0.387 e. The van der Waals surface area contributed by atoms with Crippen LogP contribution >= 0.6 is 0 Å². The van der Waals surface area contributed by atoms with Crippen LogP contribution in [0.25, 0.3) is 0 Å². The Morgan fingerprint density at radius 3 is 2.43 bits per heavy atom. The fraction of sp³-hybridized carbons (Fsp3) is 0.833. The second-order valence-electron chi connectivity index (χ2n) is 3.96. The topological polar surface area (TPSA) is 24.1 Å². The second kappa shape index (κ2) is 6.07. The van der Waals surface area contributed by atoms with Crippen LogP contribution in [0.2, 0.25) is 0 Å². The zero-order chi connectivity index (χ0) is 10.4. The van der Waals surface area contributed by atoms with E-state index in [9.17, 15) is 0 Å². The summed E-state index contributed by atoms with van der Waals surface area (Å²) < 4.78 is 0. The highest BCUT2D eigenvalue weighted by Gasteiger charge is 2.22. The van der Waals surface area contributed by atoms with Gasteiger partial charge in [0.2, 0.25) is 0 Å². The number of likely N-dealkylation sites (N-methyl/N-ethyl adjacent to an activating group) is 1. The van der Waals surface area contributed by atoms with Crippen LogP contribution < -0.4 is 10.6 Å². The molecule has 0 saturated heterocycles. The Kier molecular flexibility index (Phi) is 5.02. The number of hydrogen-bond acceptors (Lipinski definition) is 2.